The second-order valence-electron chi connectivity index (χ2n) is 7.24. The van der Waals surface area contributed by atoms with Crippen LogP contribution in [0.3, 0.4) is 0 Å². The topological polar surface area (TPSA) is 106 Å². The van der Waals surface area contributed by atoms with Gasteiger partial charge in [-0.1, -0.05) is 29.8 Å². The number of carbonyl (C=O) groups is 4. The lowest BCUT2D eigenvalue weighted by atomic mass is 10.1. The maximum absolute atomic E-state index is 13.1. The van der Waals surface area contributed by atoms with Crippen LogP contribution >= 0.6 is 11.6 Å². The molecule has 0 bridgehead atoms. The summed E-state index contributed by atoms with van der Waals surface area (Å²) in [5.41, 5.74) is 2.36. The van der Waals surface area contributed by atoms with E-state index in [9.17, 15) is 19.2 Å². The average Bonchev–Trinajstić information content (AvgIpc) is 3.33. The number of fused-ring (bicyclic) bond motifs is 1. The Morgan fingerprint density at radius 2 is 1.84 bits per heavy atom. The highest BCUT2D eigenvalue weighted by Crippen LogP contribution is 2.30. The summed E-state index contributed by atoms with van der Waals surface area (Å²) in [5, 5.41) is 6.18. The molecule has 32 heavy (non-hydrogen) atoms. The van der Waals surface area contributed by atoms with Gasteiger partial charge in [-0.15, -0.1) is 0 Å². The molecule has 1 aliphatic rings. The fraction of sp³-hybridized carbons (Fsp3) is 0.130. The van der Waals surface area contributed by atoms with Crippen LogP contribution < -0.4 is 10.6 Å². The molecule has 2 heterocycles. The van der Waals surface area contributed by atoms with Crippen LogP contribution in [0.5, 0.6) is 0 Å². The fourth-order valence-corrected chi connectivity index (χ4v) is 3.63. The van der Waals surface area contributed by atoms with Crippen molar-refractivity contribution in [3.63, 3.8) is 0 Å². The molecule has 0 saturated heterocycles. The highest BCUT2D eigenvalue weighted by Gasteiger charge is 2.26. The maximum atomic E-state index is 13.1. The van der Waals surface area contributed by atoms with Gasteiger partial charge in [-0.25, -0.2) is 4.79 Å². The Balaban J connectivity index is 1.75. The number of nitrogens with zero attached hydrogens (tertiary/aromatic N) is 1. The summed E-state index contributed by atoms with van der Waals surface area (Å²) in [6.45, 7) is 1.67. The molecular formula is C23H18ClN3O5. The molecule has 162 valence electrons. The number of rotatable bonds is 6. The number of esters is 1. The predicted molar refractivity (Wildman–Crippen MR) is 118 cm³/mol. The van der Waals surface area contributed by atoms with Crippen LogP contribution in [-0.2, 0) is 25.7 Å². The number of ketones is 1. The van der Waals surface area contributed by atoms with E-state index in [2.05, 4.69) is 10.6 Å². The van der Waals surface area contributed by atoms with Crippen LogP contribution in [-0.4, -0.2) is 34.7 Å². The average molecular weight is 452 g/mol. The molecule has 8 nitrogen and oxygen atoms in total. The Kier molecular flexibility index (Phi) is 5.79. The van der Waals surface area contributed by atoms with Gasteiger partial charge in [0.05, 0.1) is 22.5 Å². The number of cyclic esters (lactones) is 1. The number of hydrogen-bond acceptors (Lipinski definition) is 5. The van der Waals surface area contributed by atoms with E-state index in [0.717, 1.165) is 11.6 Å². The van der Waals surface area contributed by atoms with Gasteiger partial charge in [0, 0.05) is 36.2 Å². The first-order valence-corrected chi connectivity index (χ1v) is 10.1. The molecule has 0 fully saturated rings. The fourth-order valence-electron chi connectivity index (χ4n) is 3.51. The second-order valence-corrected chi connectivity index (χ2v) is 7.67. The molecule has 2 aromatic carbocycles. The third-order valence-corrected chi connectivity index (χ3v) is 5.12. The van der Waals surface area contributed by atoms with Crippen molar-refractivity contribution in [2.75, 3.05) is 11.9 Å². The lowest BCUT2D eigenvalue weighted by Crippen LogP contribution is -2.31. The number of amides is 2. The van der Waals surface area contributed by atoms with Crippen LogP contribution in [0, 0.1) is 0 Å². The highest BCUT2D eigenvalue weighted by molar-refractivity contribution is 6.45. The number of nitrogens with one attached hydrogen (secondary N) is 2. The minimum absolute atomic E-state index is 0.104. The predicted octanol–water partition coefficient (Wildman–Crippen LogP) is 3.04. The Morgan fingerprint density at radius 3 is 2.50 bits per heavy atom. The quantitative estimate of drug-likeness (QED) is 0.340. The molecule has 0 atom stereocenters. The molecule has 2 amide bonds. The van der Waals surface area contributed by atoms with Gasteiger partial charge < -0.3 is 19.9 Å². The second kappa shape index (κ2) is 8.68. The number of carbonyl (C=O) groups excluding carboxylic acids is 4. The van der Waals surface area contributed by atoms with E-state index in [1.807, 2.05) is 16.7 Å². The van der Waals surface area contributed by atoms with Gasteiger partial charge in [-0.3, -0.25) is 14.4 Å². The van der Waals surface area contributed by atoms with Crippen molar-refractivity contribution in [3.8, 4) is 0 Å². The first kappa shape index (κ1) is 21.3. The minimum atomic E-state index is -0.905. The van der Waals surface area contributed by atoms with Crippen LogP contribution in [0.25, 0.3) is 10.9 Å². The van der Waals surface area contributed by atoms with E-state index < -0.39 is 17.7 Å². The van der Waals surface area contributed by atoms with E-state index in [-0.39, 0.29) is 23.8 Å². The Morgan fingerprint density at radius 1 is 1.09 bits per heavy atom. The van der Waals surface area contributed by atoms with Crippen molar-refractivity contribution >= 4 is 51.8 Å². The maximum Gasteiger partial charge on any atom is 0.333 e. The molecule has 0 radical (unpaired) electrons. The number of anilines is 1. The third kappa shape index (κ3) is 4.40. The summed E-state index contributed by atoms with van der Waals surface area (Å²) in [7, 11) is 0. The summed E-state index contributed by atoms with van der Waals surface area (Å²) in [4.78, 5) is 48.6. The zero-order chi connectivity index (χ0) is 22.8. The molecule has 0 saturated carbocycles. The van der Waals surface area contributed by atoms with Gasteiger partial charge in [0.2, 0.25) is 5.91 Å². The molecule has 0 aliphatic carbocycles. The largest absolute Gasteiger partial charge is 0.456 e. The van der Waals surface area contributed by atoms with Crippen molar-refractivity contribution in [3.05, 3.63) is 76.6 Å². The molecule has 2 N–H and O–H groups in total. The summed E-state index contributed by atoms with van der Waals surface area (Å²) in [6, 6.07) is 12.5. The number of hydrogen-bond donors (Lipinski definition) is 2. The van der Waals surface area contributed by atoms with E-state index >= 15 is 0 Å². The Labute approximate surface area is 187 Å². The number of aromatic nitrogens is 1. The van der Waals surface area contributed by atoms with Crippen molar-refractivity contribution in [1.29, 1.82) is 0 Å². The van der Waals surface area contributed by atoms with E-state index in [0.29, 0.717) is 28.2 Å². The molecule has 0 spiro atoms. The van der Waals surface area contributed by atoms with Crippen LogP contribution in [0.1, 0.15) is 22.8 Å². The first-order chi connectivity index (χ1) is 15.3. The molecule has 1 aliphatic heterocycles. The van der Waals surface area contributed by atoms with E-state index in [4.69, 9.17) is 16.3 Å². The number of Topliss-reactive ketones (excluding diaryl/α,β-unsaturated/α-hetero) is 1. The zero-order valence-electron chi connectivity index (χ0n) is 17.0. The molecule has 9 heteroatoms. The molecular weight excluding hydrogens is 434 g/mol. The van der Waals surface area contributed by atoms with Gasteiger partial charge in [-0.05, 0) is 29.8 Å². The van der Waals surface area contributed by atoms with Gasteiger partial charge in [0.1, 0.15) is 6.61 Å². The van der Waals surface area contributed by atoms with E-state index in [1.54, 1.807) is 36.5 Å². The minimum Gasteiger partial charge on any atom is -0.456 e. The van der Waals surface area contributed by atoms with Gasteiger partial charge in [0.25, 0.3) is 11.7 Å². The van der Waals surface area contributed by atoms with Crippen molar-refractivity contribution in [1.82, 2.24) is 9.88 Å². The lowest BCUT2D eigenvalue weighted by Gasteiger charge is -2.08. The van der Waals surface area contributed by atoms with Crippen LogP contribution in [0.4, 0.5) is 5.69 Å². The number of ether oxygens (including phenoxy) is 1. The van der Waals surface area contributed by atoms with Crippen molar-refractivity contribution in [2.24, 2.45) is 0 Å². The molecule has 3 aromatic rings. The summed E-state index contributed by atoms with van der Waals surface area (Å²) < 4.78 is 6.57. The number of benzene rings is 2. The molecule has 0 unspecified atom stereocenters. The molecule has 4 rings (SSSR count). The van der Waals surface area contributed by atoms with Gasteiger partial charge >= 0.3 is 5.97 Å². The van der Waals surface area contributed by atoms with Crippen LogP contribution in [0.2, 0.25) is 5.02 Å². The smallest absolute Gasteiger partial charge is 0.333 e. The lowest BCUT2D eigenvalue weighted by molar-refractivity contribution is -0.135. The molecule has 1 aromatic heterocycles. The SMILES string of the molecule is CC(=O)Nc1cccc2c1c(C(=O)C(=O)NC1=CC(=O)OC1)cn2Cc1ccc(Cl)cc1. The number of halogens is 1. The Bertz CT molecular complexity index is 1290. The highest BCUT2D eigenvalue weighted by atomic mass is 35.5. The monoisotopic (exact) mass is 451 g/mol. The summed E-state index contributed by atoms with van der Waals surface area (Å²) in [5.74, 6) is -2.60. The van der Waals surface area contributed by atoms with Gasteiger partial charge in [-0.2, -0.15) is 0 Å². The summed E-state index contributed by atoms with van der Waals surface area (Å²) >= 11 is 5.97. The van der Waals surface area contributed by atoms with Crippen LogP contribution in [0.15, 0.2) is 60.4 Å². The summed E-state index contributed by atoms with van der Waals surface area (Å²) in [6.07, 6.45) is 2.70. The van der Waals surface area contributed by atoms with E-state index in [1.165, 1.54) is 6.92 Å². The zero-order valence-corrected chi connectivity index (χ0v) is 17.7. The van der Waals surface area contributed by atoms with Gasteiger partial charge in [0.15, 0.2) is 0 Å². The standard InChI is InChI=1S/C23H18ClN3O5/c1-13(28)25-18-3-2-4-19-21(18)17(11-27(19)10-14-5-7-15(24)8-6-14)22(30)23(31)26-16-9-20(29)32-12-16/h2-9,11H,10,12H2,1H3,(H,25,28)(H,26,31). The normalized spacial score (nSPS) is 12.9. The van der Waals surface area contributed by atoms with Crippen molar-refractivity contribution < 1.29 is 23.9 Å². The Hall–Kier alpha value is -3.91. The first-order valence-electron chi connectivity index (χ1n) is 9.68. The van der Waals surface area contributed by atoms with Crippen molar-refractivity contribution in [2.45, 2.75) is 13.5 Å². The third-order valence-electron chi connectivity index (χ3n) is 4.87.